The van der Waals surface area contributed by atoms with Crippen molar-refractivity contribution in [3.05, 3.63) is 28.3 Å². The number of nitrogens with zero attached hydrogens (tertiary/aromatic N) is 1. The van der Waals surface area contributed by atoms with Crippen LogP contribution in [-0.2, 0) is 4.79 Å². The van der Waals surface area contributed by atoms with Gasteiger partial charge in [0.25, 0.3) is 0 Å². The molecule has 2 rings (SSSR count). The summed E-state index contributed by atoms with van der Waals surface area (Å²) < 4.78 is 5.72. The van der Waals surface area contributed by atoms with E-state index in [-0.39, 0.29) is 17.5 Å². The molecule has 19 heavy (non-hydrogen) atoms. The topological polar surface area (TPSA) is 81.5 Å². The molecule has 1 amide bonds. The Morgan fingerprint density at radius 3 is 2.68 bits per heavy atom. The van der Waals surface area contributed by atoms with Gasteiger partial charge in [0.15, 0.2) is 5.75 Å². The molecule has 0 atom stereocenters. The van der Waals surface area contributed by atoms with E-state index in [1.807, 2.05) is 0 Å². The summed E-state index contributed by atoms with van der Waals surface area (Å²) in [5, 5.41) is 13.4. The molecule has 0 radical (unpaired) electrons. The van der Waals surface area contributed by atoms with Crippen LogP contribution in [0.3, 0.4) is 0 Å². The molecule has 6 nitrogen and oxygen atoms in total. The Kier molecular flexibility index (Phi) is 4.33. The van der Waals surface area contributed by atoms with Gasteiger partial charge in [-0.1, -0.05) is 6.42 Å². The van der Waals surface area contributed by atoms with Gasteiger partial charge in [-0.15, -0.1) is 0 Å². The zero-order chi connectivity index (χ0) is 13.7. The Morgan fingerprint density at radius 2 is 2.05 bits per heavy atom. The molecule has 0 aliphatic heterocycles. The van der Waals surface area contributed by atoms with E-state index in [0.717, 1.165) is 25.7 Å². The molecule has 1 N–H and O–H groups in total. The largest absolute Gasteiger partial charge is 0.484 e. The van der Waals surface area contributed by atoms with Gasteiger partial charge in [0.1, 0.15) is 0 Å². The number of carbonyl (C=O) groups excluding carboxylic acids is 1. The first kappa shape index (κ1) is 13.3. The first-order valence-electron chi connectivity index (χ1n) is 6.36. The highest BCUT2D eigenvalue weighted by Crippen LogP contribution is 2.33. The van der Waals surface area contributed by atoms with E-state index in [4.69, 9.17) is 4.74 Å². The normalized spacial score (nSPS) is 15.8. The Labute approximate surface area is 110 Å². The number of nitro benzene ring substituents is 1. The molecule has 1 aromatic rings. The molecular formula is C13H16N2O4. The Morgan fingerprint density at radius 1 is 1.32 bits per heavy atom. The number of carbonyl (C=O) groups is 1. The lowest BCUT2D eigenvalue weighted by molar-refractivity contribution is -0.386. The van der Waals surface area contributed by atoms with Crippen LogP contribution in [0.5, 0.6) is 5.75 Å². The van der Waals surface area contributed by atoms with Gasteiger partial charge in [0, 0.05) is 11.8 Å². The fourth-order valence-electron chi connectivity index (χ4n) is 2.28. The summed E-state index contributed by atoms with van der Waals surface area (Å²) in [6, 6.07) is 4.45. The maximum Gasteiger partial charge on any atom is 0.313 e. The van der Waals surface area contributed by atoms with Crippen molar-refractivity contribution in [2.24, 2.45) is 0 Å². The molecular weight excluding hydrogens is 248 g/mol. The summed E-state index contributed by atoms with van der Waals surface area (Å²) in [5.41, 5.74) is 0.273. The highest BCUT2D eigenvalue weighted by Gasteiger charge is 2.21. The van der Waals surface area contributed by atoms with Gasteiger partial charge in [0.05, 0.1) is 11.0 Å². The van der Waals surface area contributed by atoms with Crippen LogP contribution in [0.15, 0.2) is 18.2 Å². The van der Waals surface area contributed by atoms with Gasteiger partial charge in [-0.05, 0) is 37.8 Å². The first-order valence-corrected chi connectivity index (χ1v) is 6.36. The van der Waals surface area contributed by atoms with Crippen LogP contribution in [-0.4, -0.2) is 17.4 Å². The molecule has 0 spiro atoms. The summed E-state index contributed by atoms with van der Waals surface area (Å²) in [4.78, 5) is 20.9. The van der Waals surface area contributed by atoms with Crippen LogP contribution in [0, 0.1) is 10.1 Å². The van der Waals surface area contributed by atoms with E-state index < -0.39 is 4.92 Å². The van der Waals surface area contributed by atoms with Crippen LogP contribution >= 0.6 is 0 Å². The molecule has 1 aliphatic carbocycles. The summed E-state index contributed by atoms with van der Waals surface area (Å²) in [7, 11) is 0. The Hall–Kier alpha value is -2.11. The van der Waals surface area contributed by atoms with Crippen molar-refractivity contribution in [1.82, 2.24) is 0 Å². The number of ether oxygens (including phenoxy) is 1. The average molecular weight is 264 g/mol. The molecule has 1 saturated carbocycles. The minimum atomic E-state index is -0.492. The highest BCUT2D eigenvalue weighted by atomic mass is 16.6. The zero-order valence-electron chi connectivity index (χ0n) is 10.5. The van der Waals surface area contributed by atoms with Gasteiger partial charge in [-0.25, -0.2) is 0 Å². The van der Waals surface area contributed by atoms with Gasteiger partial charge >= 0.3 is 5.69 Å². The molecule has 1 aromatic carbocycles. The van der Waals surface area contributed by atoms with Crippen LogP contribution < -0.4 is 10.1 Å². The number of nitrogens with one attached hydrogen (secondary N) is 1. The second-order valence-corrected chi connectivity index (χ2v) is 4.58. The third-order valence-corrected chi connectivity index (χ3v) is 3.23. The average Bonchev–Trinajstić information content (AvgIpc) is 2.42. The number of nitro groups is 1. The van der Waals surface area contributed by atoms with Crippen molar-refractivity contribution in [2.45, 2.75) is 38.2 Å². The predicted octanol–water partition coefficient (Wildman–Crippen LogP) is 2.87. The number of amides is 1. The lowest BCUT2D eigenvalue weighted by atomic mass is 9.98. The lowest BCUT2D eigenvalue weighted by Gasteiger charge is -2.22. The molecule has 0 heterocycles. The Balaban J connectivity index is 2.18. The molecule has 1 aliphatic rings. The van der Waals surface area contributed by atoms with E-state index in [9.17, 15) is 14.9 Å². The van der Waals surface area contributed by atoms with Gasteiger partial charge in [-0.3, -0.25) is 14.9 Å². The smallest absolute Gasteiger partial charge is 0.313 e. The predicted molar refractivity (Wildman–Crippen MR) is 70.3 cm³/mol. The molecule has 0 saturated heterocycles. The second kappa shape index (κ2) is 6.17. The summed E-state index contributed by atoms with van der Waals surface area (Å²) in [6.07, 6.45) is 5.81. The molecule has 102 valence electrons. The lowest BCUT2D eigenvalue weighted by Crippen LogP contribution is -2.20. The third-order valence-electron chi connectivity index (χ3n) is 3.23. The molecule has 6 heteroatoms. The van der Waals surface area contributed by atoms with Crippen molar-refractivity contribution in [3.8, 4) is 5.75 Å². The molecule has 0 unspecified atom stereocenters. The monoisotopic (exact) mass is 264 g/mol. The highest BCUT2D eigenvalue weighted by molar-refractivity contribution is 5.73. The van der Waals surface area contributed by atoms with E-state index in [1.54, 1.807) is 12.1 Å². The number of anilines is 1. The summed E-state index contributed by atoms with van der Waals surface area (Å²) in [6.45, 7) is 0. The minimum absolute atomic E-state index is 0.0531. The van der Waals surface area contributed by atoms with Crippen LogP contribution in [0.4, 0.5) is 11.4 Å². The number of hydrogen-bond acceptors (Lipinski definition) is 4. The standard InChI is InChI=1S/C13H16N2O4/c16-9-14-10-6-7-13(12(8-10)15(17)18)19-11-4-2-1-3-5-11/h6-9,11H,1-5H2,(H,14,16). The fourth-order valence-corrected chi connectivity index (χ4v) is 2.28. The van der Waals surface area contributed by atoms with Crippen molar-refractivity contribution in [1.29, 1.82) is 0 Å². The number of benzene rings is 1. The van der Waals surface area contributed by atoms with E-state index in [0.29, 0.717) is 12.1 Å². The summed E-state index contributed by atoms with van der Waals surface area (Å²) >= 11 is 0. The fraction of sp³-hybridized carbons (Fsp3) is 0.462. The minimum Gasteiger partial charge on any atom is -0.484 e. The Bertz CT molecular complexity index is 470. The van der Waals surface area contributed by atoms with Crippen molar-refractivity contribution in [3.63, 3.8) is 0 Å². The molecule has 1 fully saturated rings. The van der Waals surface area contributed by atoms with Crippen LogP contribution in [0.25, 0.3) is 0 Å². The SMILES string of the molecule is O=CNc1ccc(OC2CCCCC2)c([N+](=O)[O-])c1. The van der Waals surface area contributed by atoms with Crippen LogP contribution in [0.1, 0.15) is 32.1 Å². The maximum atomic E-state index is 11.0. The summed E-state index contributed by atoms with van der Waals surface area (Å²) in [5.74, 6) is 0.272. The van der Waals surface area contributed by atoms with E-state index >= 15 is 0 Å². The van der Waals surface area contributed by atoms with Gasteiger partial charge in [-0.2, -0.15) is 0 Å². The second-order valence-electron chi connectivity index (χ2n) is 4.58. The molecule has 0 bridgehead atoms. The van der Waals surface area contributed by atoms with E-state index in [1.165, 1.54) is 12.5 Å². The number of rotatable bonds is 5. The molecule has 0 aromatic heterocycles. The van der Waals surface area contributed by atoms with Gasteiger partial charge < -0.3 is 10.1 Å². The number of hydrogen-bond donors (Lipinski definition) is 1. The first-order chi connectivity index (χ1) is 9.20. The van der Waals surface area contributed by atoms with Crippen molar-refractivity contribution >= 4 is 17.8 Å². The maximum absolute atomic E-state index is 11.0. The van der Waals surface area contributed by atoms with Gasteiger partial charge in [0.2, 0.25) is 6.41 Å². The third kappa shape index (κ3) is 3.43. The van der Waals surface area contributed by atoms with Crippen LogP contribution in [0.2, 0.25) is 0 Å². The zero-order valence-corrected chi connectivity index (χ0v) is 10.5. The van der Waals surface area contributed by atoms with E-state index in [2.05, 4.69) is 5.32 Å². The quantitative estimate of drug-likeness (QED) is 0.503. The van der Waals surface area contributed by atoms with Crippen molar-refractivity contribution in [2.75, 3.05) is 5.32 Å². The van der Waals surface area contributed by atoms with Crippen molar-refractivity contribution < 1.29 is 14.5 Å².